The summed E-state index contributed by atoms with van der Waals surface area (Å²) < 4.78 is 27.8. The van der Waals surface area contributed by atoms with Crippen molar-refractivity contribution in [2.24, 2.45) is 7.05 Å². The van der Waals surface area contributed by atoms with Crippen LogP contribution in [0.25, 0.3) is 0 Å². The average Bonchev–Trinajstić information content (AvgIpc) is 2.69. The van der Waals surface area contributed by atoms with Gasteiger partial charge >= 0.3 is 5.97 Å². The van der Waals surface area contributed by atoms with E-state index in [1.165, 1.54) is 31.3 Å². The summed E-state index contributed by atoms with van der Waals surface area (Å²) in [6.45, 7) is 0. The second kappa shape index (κ2) is 5.21. The Morgan fingerprint density at radius 1 is 1.40 bits per heavy atom. The smallest absolute Gasteiger partial charge is 0.337 e. The molecular formula is C10H9BrN4O4S. The Kier molecular flexibility index (Phi) is 3.77. The maximum atomic E-state index is 12.2. The molecule has 8 nitrogen and oxygen atoms in total. The number of nitrogens with zero attached hydrogens (tertiary/aromatic N) is 3. The number of aromatic nitrogens is 3. The summed E-state index contributed by atoms with van der Waals surface area (Å²) in [5.41, 5.74) is -0.185. The van der Waals surface area contributed by atoms with Gasteiger partial charge in [0.05, 0.1) is 11.3 Å². The molecule has 0 saturated carbocycles. The lowest BCUT2D eigenvalue weighted by atomic mass is 10.2. The summed E-state index contributed by atoms with van der Waals surface area (Å²) >= 11 is 2.98. The van der Waals surface area contributed by atoms with E-state index in [4.69, 9.17) is 5.11 Å². The Balaban J connectivity index is 2.47. The highest BCUT2D eigenvalue weighted by Gasteiger charge is 2.25. The van der Waals surface area contributed by atoms with Gasteiger partial charge in [0, 0.05) is 7.05 Å². The summed E-state index contributed by atoms with van der Waals surface area (Å²) in [5, 5.41) is 16.0. The SMILES string of the molecule is Cn1nnc(Br)c1S(=O)(=O)Nc1ccccc1C(=O)O. The molecule has 0 fully saturated rings. The van der Waals surface area contributed by atoms with Gasteiger partial charge in [0.25, 0.3) is 10.0 Å². The number of hydrogen-bond acceptors (Lipinski definition) is 5. The van der Waals surface area contributed by atoms with Crippen LogP contribution in [0.4, 0.5) is 5.69 Å². The first-order chi connectivity index (χ1) is 9.33. The Labute approximate surface area is 122 Å². The van der Waals surface area contributed by atoms with Gasteiger partial charge in [-0.1, -0.05) is 17.3 Å². The van der Waals surface area contributed by atoms with E-state index >= 15 is 0 Å². The highest BCUT2D eigenvalue weighted by atomic mass is 79.9. The van der Waals surface area contributed by atoms with E-state index < -0.39 is 16.0 Å². The van der Waals surface area contributed by atoms with E-state index in [-0.39, 0.29) is 20.9 Å². The molecule has 1 aromatic heterocycles. The van der Waals surface area contributed by atoms with E-state index in [0.29, 0.717) is 0 Å². The zero-order valence-corrected chi connectivity index (χ0v) is 12.5. The van der Waals surface area contributed by atoms with Gasteiger partial charge < -0.3 is 5.11 Å². The first-order valence-electron chi connectivity index (χ1n) is 5.23. The zero-order chi connectivity index (χ0) is 14.9. The summed E-state index contributed by atoms with van der Waals surface area (Å²) in [6.07, 6.45) is 0. The quantitative estimate of drug-likeness (QED) is 0.842. The summed E-state index contributed by atoms with van der Waals surface area (Å²) in [6, 6.07) is 5.69. The van der Waals surface area contributed by atoms with Crippen LogP contribution in [0.2, 0.25) is 0 Å². The normalized spacial score (nSPS) is 11.3. The predicted octanol–water partition coefficient (Wildman–Crippen LogP) is 1.08. The van der Waals surface area contributed by atoms with Gasteiger partial charge in [0.2, 0.25) is 5.03 Å². The molecule has 20 heavy (non-hydrogen) atoms. The highest BCUT2D eigenvalue weighted by molar-refractivity contribution is 9.10. The number of carboxylic acids is 1. The number of anilines is 1. The molecule has 1 aromatic carbocycles. The monoisotopic (exact) mass is 360 g/mol. The van der Waals surface area contributed by atoms with Crippen molar-refractivity contribution in [2.45, 2.75) is 5.03 Å². The van der Waals surface area contributed by atoms with E-state index in [1.54, 1.807) is 0 Å². The van der Waals surface area contributed by atoms with Gasteiger partial charge in [-0.25, -0.2) is 9.48 Å². The minimum atomic E-state index is -4.01. The van der Waals surface area contributed by atoms with Crippen molar-refractivity contribution in [1.29, 1.82) is 0 Å². The van der Waals surface area contributed by atoms with E-state index in [0.717, 1.165) is 4.68 Å². The van der Waals surface area contributed by atoms with Gasteiger partial charge in [0.1, 0.15) is 0 Å². The van der Waals surface area contributed by atoms with Crippen LogP contribution in [0.3, 0.4) is 0 Å². The van der Waals surface area contributed by atoms with Crippen LogP contribution >= 0.6 is 15.9 Å². The fourth-order valence-electron chi connectivity index (χ4n) is 1.56. The standard InChI is InChI=1S/C10H9BrN4O4S/c1-15-9(8(11)12-14-15)20(18,19)13-7-5-3-2-4-6(7)10(16)17/h2-5,13H,1H3,(H,16,17). The largest absolute Gasteiger partial charge is 0.478 e. The summed E-state index contributed by atoms with van der Waals surface area (Å²) in [4.78, 5) is 11.1. The Bertz CT molecular complexity index is 752. The van der Waals surface area contributed by atoms with Crippen molar-refractivity contribution in [2.75, 3.05) is 4.72 Å². The lowest BCUT2D eigenvalue weighted by Crippen LogP contribution is -2.18. The van der Waals surface area contributed by atoms with Gasteiger partial charge in [-0.3, -0.25) is 4.72 Å². The Hall–Kier alpha value is -1.94. The Morgan fingerprint density at radius 2 is 2.05 bits per heavy atom. The lowest BCUT2D eigenvalue weighted by Gasteiger charge is -2.10. The molecule has 0 spiro atoms. The maximum Gasteiger partial charge on any atom is 0.337 e. The topological polar surface area (TPSA) is 114 Å². The van der Waals surface area contributed by atoms with Crippen LogP contribution in [0.5, 0.6) is 0 Å². The van der Waals surface area contributed by atoms with Crippen molar-refractivity contribution in [3.63, 3.8) is 0 Å². The number of benzene rings is 1. The van der Waals surface area contributed by atoms with Crippen LogP contribution in [-0.2, 0) is 17.1 Å². The molecule has 2 N–H and O–H groups in total. The number of para-hydroxylation sites is 1. The van der Waals surface area contributed by atoms with Crippen LogP contribution in [0, 0.1) is 0 Å². The fourth-order valence-corrected chi connectivity index (χ4v) is 3.74. The number of rotatable bonds is 4. The zero-order valence-electron chi connectivity index (χ0n) is 10.1. The van der Waals surface area contributed by atoms with Crippen molar-refractivity contribution < 1.29 is 18.3 Å². The summed E-state index contributed by atoms with van der Waals surface area (Å²) in [7, 11) is -2.60. The molecule has 0 aliphatic carbocycles. The number of aromatic carboxylic acids is 1. The van der Waals surface area contributed by atoms with E-state index in [1.807, 2.05) is 0 Å². The third-order valence-electron chi connectivity index (χ3n) is 2.39. The van der Waals surface area contributed by atoms with E-state index in [9.17, 15) is 13.2 Å². The summed E-state index contributed by atoms with van der Waals surface area (Å²) in [5.74, 6) is -1.23. The van der Waals surface area contributed by atoms with Crippen molar-refractivity contribution in [3.05, 3.63) is 34.4 Å². The maximum absolute atomic E-state index is 12.2. The molecule has 106 valence electrons. The van der Waals surface area contributed by atoms with Crippen LogP contribution in [0.15, 0.2) is 33.9 Å². The van der Waals surface area contributed by atoms with Crippen molar-refractivity contribution in [3.8, 4) is 0 Å². The lowest BCUT2D eigenvalue weighted by molar-refractivity contribution is 0.0698. The fraction of sp³-hybridized carbons (Fsp3) is 0.100. The number of aryl methyl sites for hydroxylation is 1. The third-order valence-corrected chi connectivity index (χ3v) is 4.65. The minimum absolute atomic E-state index is 0.0342. The number of sulfonamides is 1. The first-order valence-corrected chi connectivity index (χ1v) is 7.51. The second-order valence-corrected chi connectivity index (χ2v) is 6.11. The molecule has 1 heterocycles. The van der Waals surface area contributed by atoms with Crippen LogP contribution in [0.1, 0.15) is 10.4 Å². The number of halogens is 1. The first kappa shape index (κ1) is 14.5. The predicted molar refractivity (Wildman–Crippen MR) is 72.9 cm³/mol. The molecule has 0 bridgehead atoms. The Morgan fingerprint density at radius 3 is 2.60 bits per heavy atom. The van der Waals surface area contributed by atoms with Crippen molar-refractivity contribution >= 4 is 37.6 Å². The molecule has 0 aliphatic rings. The highest BCUT2D eigenvalue weighted by Crippen LogP contribution is 2.23. The molecule has 2 rings (SSSR count). The van der Waals surface area contributed by atoms with Gasteiger partial charge in [-0.05, 0) is 28.1 Å². The minimum Gasteiger partial charge on any atom is -0.478 e. The molecule has 0 amide bonds. The molecule has 10 heteroatoms. The molecule has 0 radical (unpaired) electrons. The molecule has 2 aromatic rings. The van der Waals surface area contributed by atoms with Gasteiger partial charge in [-0.2, -0.15) is 8.42 Å². The molecule has 0 aliphatic heterocycles. The van der Waals surface area contributed by atoms with Crippen LogP contribution < -0.4 is 4.72 Å². The third kappa shape index (κ3) is 2.65. The molecule has 0 atom stereocenters. The second-order valence-electron chi connectivity index (χ2n) is 3.77. The number of carbonyl (C=O) groups is 1. The molecule has 0 saturated heterocycles. The molecular weight excluding hydrogens is 352 g/mol. The van der Waals surface area contributed by atoms with Gasteiger partial charge in [0.15, 0.2) is 4.60 Å². The number of hydrogen-bond donors (Lipinski definition) is 2. The van der Waals surface area contributed by atoms with E-state index in [2.05, 4.69) is 31.0 Å². The number of carboxylic acid groups (broad SMARTS) is 1. The van der Waals surface area contributed by atoms with Crippen molar-refractivity contribution in [1.82, 2.24) is 15.0 Å². The average molecular weight is 361 g/mol. The van der Waals surface area contributed by atoms with Crippen LogP contribution in [-0.4, -0.2) is 34.5 Å². The molecule has 0 unspecified atom stereocenters. The van der Waals surface area contributed by atoms with Gasteiger partial charge in [-0.15, -0.1) is 5.10 Å². The number of nitrogens with one attached hydrogen (secondary N) is 1.